The summed E-state index contributed by atoms with van der Waals surface area (Å²) in [5.41, 5.74) is 0.545. The van der Waals surface area contributed by atoms with E-state index in [1.54, 1.807) is 25.3 Å². The number of Topliss-reactive ketones (excluding diaryl/α,β-unsaturated/α-hetero) is 1. The number of hydrogen-bond acceptors (Lipinski definition) is 4. The van der Waals surface area contributed by atoms with Crippen LogP contribution in [-0.2, 0) is 14.5 Å². The highest BCUT2D eigenvalue weighted by Crippen LogP contribution is 2.03. The molecule has 4 heteroatoms. The third-order valence-electron chi connectivity index (χ3n) is 1.59. The minimum Gasteiger partial charge on any atom is -0.362 e. The summed E-state index contributed by atoms with van der Waals surface area (Å²) in [6.07, 6.45) is 6.92. The van der Waals surface area contributed by atoms with Gasteiger partial charge in [-0.3, -0.25) is 4.79 Å². The van der Waals surface area contributed by atoms with Crippen LogP contribution in [0, 0.1) is 0 Å². The molecule has 14 heavy (non-hydrogen) atoms. The van der Waals surface area contributed by atoms with E-state index in [2.05, 4.69) is 6.58 Å². The molecular formula is C10H13NO3. The van der Waals surface area contributed by atoms with Crippen molar-refractivity contribution in [1.82, 2.24) is 5.23 Å². The Morgan fingerprint density at radius 3 is 2.93 bits per heavy atom. The van der Waals surface area contributed by atoms with Gasteiger partial charge in [0.1, 0.15) is 6.26 Å². The fourth-order valence-electron chi connectivity index (χ4n) is 0.811. The van der Waals surface area contributed by atoms with Gasteiger partial charge in [0.15, 0.2) is 5.78 Å². The van der Waals surface area contributed by atoms with E-state index in [9.17, 15) is 4.79 Å². The van der Waals surface area contributed by atoms with Gasteiger partial charge in [0.25, 0.3) is 0 Å². The van der Waals surface area contributed by atoms with Crippen LogP contribution >= 0.6 is 0 Å². The second-order valence-corrected chi connectivity index (χ2v) is 2.85. The van der Waals surface area contributed by atoms with E-state index in [1.165, 1.54) is 11.5 Å². The van der Waals surface area contributed by atoms with Crippen LogP contribution in [0.4, 0.5) is 0 Å². The lowest BCUT2D eigenvalue weighted by Gasteiger charge is -2.18. The highest BCUT2D eigenvalue weighted by molar-refractivity contribution is 5.94. The Kier molecular flexibility index (Phi) is 3.94. The molecular weight excluding hydrogens is 182 g/mol. The fourth-order valence-corrected chi connectivity index (χ4v) is 0.811. The van der Waals surface area contributed by atoms with Gasteiger partial charge in [0.2, 0.25) is 0 Å². The number of nitrogens with zero attached hydrogens (tertiary/aromatic N) is 1. The first-order valence-electron chi connectivity index (χ1n) is 4.31. The number of hydroxylamine groups is 2. The summed E-state index contributed by atoms with van der Waals surface area (Å²) >= 11 is 0. The third kappa shape index (κ3) is 3.45. The molecule has 1 aliphatic heterocycles. The average molecular weight is 195 g/mol. The van der Waals surface area contributed by atoms with Gasteiger partial charge in [0, 0.05) is 6.42 Å². The van der Waals surface area contributed by atoms with Crippen molar-refractivity contribution >= 4 is 5.78 Å². The summed E-state index contributed by atoms with van der Waals surface area (Å²) in [4.78, 5) is 21.2. The first-order chi connectivity index (χ1) is 6.70. The highest BCUT2D eigenvalue weighted by Gasteiger charge is 2.05. The van der Waals surface area contributed by atoms with E-state index in [0.29, 0.717) is 12.0 Å². The lowest BCUT2D eigenvalue weighted by molar-refractivity contribution is -0.308. The second kappa shape index (κ2) is 5.24. The largest absolute Gasteiger partial charge is 0.362 e. The van der Waals surface area contributed by atoms with Gasteiger partial charge in [0.05, 0.1) is 12.8 Å². The van der Waals surface area contributed by atoms with E-state index in [-0.39, 0.29) is 12.4 Å². The summed E-state index contributed by atoms with van der Waals surface area (Å²) < 4.78 is 0. The molecule has 0 aromatic carbocycles. The van der Waals surface area contributed by atoms with Crippen molar-refractivity contribution in [1.29, 1.82) is 0 Å². The molecule has 0 saturated carbocycles. The lowest BCUT2D eigenvalue weighted by atomic mass is 10.2. The molecule has 1 heterocycles. The Morgan fingerprint density at radius 1 is 1.57 bits per heavy atom. The number of carbonyl (C=O) groups is 1. The molecule has 0 unspecified atom stereocenters. The Morgan fingerprint density at radius 2 is 2.36 bits per heavy atom. The fraction of sp³-hybridized carbons (Fsp3) is 0.300. The molecule has 0 aromatic heterocycles. The summed E-state index contributed by atoms with van der Waals surface area (Å²) in [5, 5.41) is 1.20. The van der Waals surface area contributed by atoms with Crippen molar-refractivity contribution in [3.63, 3.8) is 0 Å². The number of rotatable bonds is 5. The maximum absolute atomic E-state index is 11.1. The molecule has 0 atom stereocenters. The second-order valence-electron chi connectivity index (χ2n) is 2.85. The molecule has 0 radical (unpaired) electrons. The molecule has 0 aliphatic carbocycles. The van der Waals surface area contributed by atoms with E-state index in [1.807, 2.05) is 0 Å². The topological polar surface area (TPSA) is 38.8 Å². The predicted octanol–water partition coefficient (Wildman–Crippen LogP) is 1.73. The Balaban J connectivity index is 2.15. The minimum atomic E-state index is 0.00142. The van der Waals surface area contributed by atoms with E-state index in [4.69, 9.17) is 9.68 Å². The molecule has 76 valence electrons. The van der Waals surface area contributed by atoms with Gasteiger partial charge in [-0.05, 0) is 24.6 Å². The van der Waals surface area contributed by atoms with Crippen LogP contribution in [0.5, 0.6) is 0 Å². The van der Waals surface area contributed by atoms with Gasteiger partial charge in [-0.2, -0.15) is 0 Å². The monoisotopic (exact) mass is 195 g/mol. The van der Waals surface area contributed by atoms with Crippen LogP contribution in [0.1, 0.15) is 13.3 Å². The van der Waals surface area contributed by atoms with Gasteiger partial charge >= 0.3 is 0 Å². The van der Waals surface area contributed by atoms with Gasteiger partial charge < -0.3 is 4.84 Å². The lowest BCUT2D eigenvalue weighted by Crippen LogP contribution is -2.19. The normalized spacial score (nSPS) is 13.9. The number of ketones is 1. The number of hydrogen-bond donors (Lipinski definition) is 0. The molecule has 0 amide bonds. The summed E-state index contributed by atoms with van der Waals surface area (Å²) in [6.45, 7) is 5.51. The molecule has 0 bridgehead atoms. The Bertz CT molecular complexity index is 281. The van der Waals surface area contributed by atoms with Crippen molar-refractivity contribution in [2.24, 2.45) is 0 Å². The zero-order chi connectivity index (χ0) is 10.4. The van der Waals surface area contributed by atoms with Crippen LogP contribution in [0.25, 0.3) is 0 Å². The predicted molar refractivity (Wildman–Crippen MR) is 51.6 cm³/mol. The summed E-state index contributed by atoms with van der Waals surface area (Å²) in [7, 11) is 0. The standard InChI is InChI=1S/C10H13NO3/c1-9(2)10(12)5-8-14-11-6-3-4-7-13-11/h3-4,6-7H,1,5,8H2,2H3. The first-order valence-corrected chi connectivity index (χ1v) is 4.31. The van der Waals surface area contributed by atoms with Crippen molar-refractivity contribution in [3.8, 4) is 0 Å². The van der Waals surface area contributed by atoms with Crippen LogP contribution < -0.4 is 0 Å². The van der Waals surface area contributed by atoms with Crippen molar-refractivity contribution in [2.75, 3.05) is 6.61 Å². The van der Waals surface area contributed by atoms with E-state index in [0.717, 1.165) is 0 Å². The molecule has 0 saturated heterocycles. The van der Waals surface area contributed by atoms with Crippen LogP contribution in [0.3, 0.4) is 0 Å². The third-order valence-corrected chi connectivity index (χ3v) is 1.59. The number of allylic oxidation sites excluding steroid dienone is 3. The zero-order valence-electron chi connectivity index (χ0n) is 8.10. The molecule has 4 nitrogen and oxygen atoms in total. The van der Waals surface area contributed by atoms with Gasteiger partial charge in [-0.15, -0.1) is 0 Å². The molecule has 1 aliphatic rings. The van der Waals surface area contributed by atoms with Crippen LogP contribution in [0.15, 0.2) is 36.8 Å². The van der Waals surface area contributed by atoms with Crippen molar-refractivity contribution in [2.45, 2.75) is 13.3 Å². The molecule has 0 N–H and O–H groups in total. The van der Waals surface area contributed by atoms with Gasteiger partial charge in [-0.25, -0.2) is 4.84 Å². The Hall–Kier alpha value is -1.55. The van der Waals surface area contributed by atoms with Crippen molar-refractivity contribution in [3.05, 3.63) is 36.8 Å². The quantitative estimate of drug-likeness (QED) is 0.626. The summed E-state index contributed by atoms with van der Waals surface area (Å²) in [6, 6.07) is 0. The molecule has 0 spiro atoms. The maximum Gasteiger partial charge on any atom is 0.160 e. The molecule has 1 rings (SSSR count). The molecule has 0 fully saturated rings. The SMILES string of the molecule is C=C(C)C(=O)CCON1C=CC=CO1. The smallest absolute Gasteiger partial charge is 0.160 e. The van der Waals surface area contributed by atoms with Crippen LogP contribution in [-0.4, -0.2) is 17.6 Å². The maximum atomic E-state index is 11.1. The highest BCUT2D eigenvalue weighted by atomic mass is 16.9. The number of carbonyl (C=O) groups excluding carboxylic acids is 1. The average Bonchev–Trinajstić information content (AvgIpc) is 2.19. The summed E-state index contributed by atoms with van der Waals surface area (Å²) in [5.74, 6) is 0.00142. The Labute approximate surface area is 83.0 Å². The molecule has 0 aromatic rings. The van der Waals surface area contributed by atoms with E-state index >= 15 is 0 Å². The van der Waals surface area contributed by atoms with Gasteiger partial charge in [-0.1, -0.05) is 11.8 Å². The van der Waals surface area contributed by atoms with Crippen molar-refractivity contribution < 1.29 is 14.5 Å². The zero-order valence-corrected chi connectivity index (χ0v) is 8.10. The minimum absolute atomic E-state index is 0.00142. The van der Waals surface area contributed by atoms with Crippen LogP contribution in [0.2, 0.25) is 0 Å². The first kappa shape index (κ1) is 10.5. The van der Waals surface area contributed by atoms with E-state index < -0.39 is 0 Å².